The van der Waals surface area contributed by atoms with Crippen LogP contribution in [0.2, 0.25) is 0 Å². The number of nitrogens with two attached hydrogens (primary N) is 1. The number of anilines is 2. The minimum absolute atomic E-state index is 0.442. The summed E-state index contributed by atoms with van der Waals surface area (Å²) in [4.78, 5) is 7.89. The van der Waals surface area contributed by atoms with Crippen LogP contribution in [0.5, 0.6) is 0 Å². The van der Waals surface area contributed by atoms with Crippen molar-refractivity contribution < 1.29 is 0 Å². The Morgan fingerprint density at radius 1 is 1.38 bits per heavy atom. The van der Waals surface area contributed by atoms with Gasteiger partial charge in [0.15, 0.2) is 5.82 Å². The van der Waals surface area contributed by atoms with Gasteiger partial charge in [0.05, 0.1) is 11.9 Å². The Balaban J connectivity index is 2.05. The first-order valence-electron chi connectivity index (χ1n) is 4.33. The Bertz CT molecular complexity index is 313. The number of rotatable bonds is 2. The highest BCUT2D eigenvalue weighted by atomic mass is 15.1. The van der Waals surface area contributed by atoms with E-state index in [1.54, 1.807) is 6.20 Å². The van der Waals surface area contributed by atoms with Crippen molar-refractivity contribution in [3.63, 3.8) is 0 Å². The van der Waals surface area contributed by atoms with Gasteiger partial charge in [-0.1, -0.05) is 12.2 Å². The van der Waals surface area contributed by atoms with Crippen LogP contribution >= 0.6 is 0 Å². The second-order valence-electron chi connectivity index (χ2n) is 3.11. The maximum atomic E-state index is 5.69. The maximum absolute atomic E-state index is 5.69. The summed E-state index contributed by atoms with van der Waals surface area (Å²) in [5.74, 6) is 0.740. The van der Waals surface area contributed by atoms with Crippen LogP contribution in [0.4, 0.5) is 11.5 Å². The molecule has 0 saturated heterocycles. The molecule has 0 unspecified atom stereocenters. The van der Waals surface area contributed by atoms with E-state index in [9.17, 15) is 0 Å². The van der Waals surface area contributed by atoms with Crippen molar-refractivity contribution in [2.45, 2.75) is 18.9 Å². The van der Waals surface area contributed by atoms with E-state index in [0.717, 1.165) is 18.7 Å². The molecule has 0 fully saturated rings. The van der Waals surface area contributed by atoms with Crippen LogP contribution in [0, 0.1) is 0 Å². The number of hydrogen-bond donors (Lipinski definition) is 2. The summed E-state index contributed by atoms with van der Waals surface area (Å²) in [6.45, 7) is 0. The van der Waals surface area contributed by atoms with Gasteiger partial charge in [-0.15, -0.1) is 0 Å². The van der Waals surface area contributed by atoms with E-state index in [4.69, 9.17) is 5.73 Å². The molecule has 1 aromatic heterocycles. The monoisotopic (exact) mass is 176 g/mol. The van der Waals surface area contributed by atoms with Crippen LogP contribution in [0.3, 0.4) is 0 Å². The fraction of sp³-hybridized carbons (Fsp3) is 0.333. The number of hydrogen-bond acceptors (Lipinski definition) is 4. The summed E-state index contributed by atoms with van der Waals surface area (Å²) in [5, 5.41) is 3.27. The van der Waals surface area contributed by atoms with Crippen molar-refractivity contribution >= 4 is 11.5 Å². The van der Waals surface area contributed by atoms with E-state index in [-0.39, 0.29) is 0 Å². The zero-order chi connectivity index (χ0) is 9.10. The molecular formula is C9H12N4. The van der Waals surface area contributed by atoms with Crippen molar-refractivity contribution in [2.75, 3.05) is 11.1 Å². The van der Waals surface area contributed by atoms with Crippen LogP contribution in [-0.2, 0) is 0 Å². The summed E-state index contributed by atoms with van der Waals surface area (Å²) in [6.07, 6.45) is 9.52. The van der Waals surface area contributed by atoms with Gasteiger partial charge in [0.1, 0.15) is 6.33 Å². The van der Waals surface area contributed by atoms with E-state index in [1.807, 2.05) is 0 Å². The predicted molar refractivity (Wildman–Crippen MR) is 52.2 cm³/mol. The van der Waals surface area contributed by atoms with Crippen LogP contribution < -0.4 is 11.1 Å². The molecule has 2 rings (SSSR count). The first kappa shape index (κ1) is 8.04. The van der Waals surface area contributed by atoms with Gasteiger partial charge >= 0.3 is 0 Å². The van der Waals surface area contributed by atoms with Crippen molar-refractivity contribution in [3.8, 4) is 0 Å². The Hall–Kier alpha value is -1.58. The van der Waals surface area contributed by atoms with Crippen molar-refractivity contribution in [1.29, 1.82) is 0 Å². The van der Waals surface area contributed by atoms with E-state index < -0.39 is 0 Å². The zero-order valence-electron chi connectivity index (χ0n) is 7.27. The van der Waals surface area contributed by atoms with E-state index >= 15 is 0 Å². The highest BCUT2D eigenvalue weighted by molar-refractivity contribution is 5.59. The molecule has 0 aliphatic heterocycles. The van der Waals surface area contributed by atoms with Crippen molar-refractivity contribution in [3.05, 3.63) is 24.7 Å². The van der Waals surface area contributed by atoms with E-state index in [0.29, 0.717) is 11.7 Å². The fourth-order valence-corrected chi connectivity index (χ4v) is 1.39. The fourth-order valence-electron chi connectivity index (χ4n) is 1.39. The Morgan fingerprint density at radius 3 is 2.85 bits per heavy atom. The lowest BCUT2D eigenvalue weighted by molar-refractivity contribution is 0.780. The molecule has 0 radical (unpaired) electrons. The van der Waals surface area contributed by atoms with Gasteiger partial charge in [0.2, 0.25) is 0 Å². The number of nitrogens with one attached hydrogen (secondary N) is 1. The maximum Gasteiger partial charge on any atom is 0.152 e. The minimum Gasteiger partial charge on any atom is -0.394 e. The molecule has 13 heavy (non-hydrogen) atoms. The van der Waals surface area contributed by atoms with Gasteiger partial charge in [0.25, 0.3) is 0 Å². The molecule has 1 aliphatic rings. The molecule has 1 heterocycles. The van der Waals surface area contributed by atoms with Crippen LogP contribution in [0.25, 0.3) is 0 Å². The lowest BCUT2D eigenvalue weighted by Gasteiger charge is -2.13. The molecule has 4 nitrogen and oxygen atoms in total. The second kappa shape index (κ2) is 3.43. The zero-order valence-corrected chi connectivity index (χ0v) is 7.27. The Morgan fingerprint density at radius 2 is 2.15 bits per heavy atom. The average Bonchev–Trinajstić information content (AvgIpc) is 2.61. The average molecular weight is 176 g/mol. The van der Waals surface area contributed by atoms with E-state index in [1.165, 1.54) is 6.33 Å². The first-order chi connectivity index (χ1) is 6.36. The normalized spacial score (nSPS) is 16.3. The molecule has 1 aliphatic carbocycles. The molecular weight excluding hydrogens is 164 g/mol. The third kappa shape index (κ3) is 1.77. The number of aromatic nitrogens is 2. The topological polar surface area (TPSA) is 63.8 Å². The molecule has 3 N–H and O–H groups in total. The molecule has 0 bridgehead atoms. The van der Waals surface area contributed by atoms with Gasteiger partial charge in [-0.3, -0.25) is 0 Å². The molecule has 0 spiro atoms. The summed E-state index contributed by atoms with van der Waals surface area (Å²) in [5.41, 5.74) is 6.30. The van der Waals surface area contributed by atoms with Gasteiger partial charge in [-0.2, -0.15) is 0 Å². The Labute approximate surface area is 76.9 Å². The first-order valence-corrected chi connectivity index (χ1v) is 4.33. The third-order valence-electron chi connectivity index (χ3n) is 2.09. The highest BCUT2D eigenvalue weighted by Gasteiger charge is 2.11. The minimum atomic E-state index is 0.442. The summed E-state index contributed by atoms with van der Waals surface area (Å²) in [7, 11) is 0. The van der Waals surface area contributed by atoms with Gasteiger partial charge in [-0.25, -0.2) is 9.97 Å². The van der Waals surface area contributed by atoms with Crippen LogP contribution in [0.1, 0.15) is 12.8 Å². The predicted octanol–water partition coefficient (Wildman–Crippen LogP) is 1.19. The molecule has 68 valence electrons. The largest absolute Gasteiger partial charge is 0.394 e. The third-order valence-corrected chi connectivity index (χ3v) is 2.09. The smallest absolute Gasteiger partial charge is 0.152 e. The molecule has 0 saturated carbocycles. The molecule has 4 heteroatoms. The molecule has 0 amide bonds. The van der Waals surface area contributed by atoms with Crippen LogP contribution in [0.15, 0.2) is 24.7 Å². The summed E-state index contributed by atoms with van der Waals surface area (Å²) in [6, 6.07) is 0.442. The lowest BCUT2D eigenvalue weighted by atomic mass is 10.2. The number of nitrogen functional groups attached to an aromatic ring is 1. The summed E-state index contributed by atoms with van der Waals surface area (Å²) < 4.78 is 0. The van der Waals surface area contributed by atoms with Crippen LogP contribution in [-0.4, -0.2) is 16.0 Å². The standard InChI is InChI=1S/C9H12N4/c10-8-5-11-6-12-9(8)13-7-3-1-2-4-7/h1-2,5-7H,3-4,10H2,(H,11,12,13). The molecule has 0 atom stereocenters. The Kier molecular flexibility index (Phi) is 2.12. The second-order valence-corrected chi connectivity index (χ2v) is 3.11. The van der Waals surface area contributed by atoms with Gasteiger partial charge < -0.3 is 11.1 Å². The lowest BCUT2D eigenvalue weighted by Crippen LogP contribution is -2.17. The molecule has 1 aromatic rings. The molecule has 0 aromatic carbocycles. The van der Waals surface area contributed by atoms with Gasteiger partial charge in [-0.05, 0) is 12.8 Å². The summed E-state index contributed by atoms with van der Waals surface area (Å²) >= 11 is 0. The highest BCUT2D eigenvalue weighted by Crippen LogP contribution is 2.18. The van der Waals surface area contributed by atoms with Gasteiger partial charge in [0, 0.05) is 6.04 Å². The quantitative estimate of drug-likeness (QED) is 0.664. The van der Waals surface area contributed by atoms with Crippen molar-refractivity contribution in [1.82, 2.24) is 9.97 Å². The van der Waals surface area contributed by atoms with Crippen molar-refractivity contribution in [2.24, 2.45) is 0 Å². The number of nitrogens with zero attached hydrogens (tertiary/aromatic N) is 2. The SMILES string of the molecule is Nc1cncnc1NC1CC=CC1. The van der Waals surface area contributed by atoms with E-state index in [2.05, 4.69) is 27.4 Å².